The van der Waals surface area contributed by atoms with Crippen LogP contribution in [-0.2, 0) is 7.05 Å². The Hall–Kier alpha value is -4.38. The molecule has 43 heavy (non-hydrogen) atoms. The van der Waals surface area contributed by atoms with E-state index in [4.69, 9.17) is 10.5 Å². The van der Waals surface area contributed by atoms with E-state index < -0.39 is 0 Å². The van der Waals surface area contributed by atoms with Crippen LogP contribution in [0.4, 0.5) is 11.5 Å². The van der Waals surface area contributed by atoms with Gasteiger partial charge >= 0.3 is 0 Å². The molecular formula is C33H37N7O2S. The molecule has 4 heterocycles. The molecule has 5 N–H and O–H groups in total. The van der Waals surface area contributed by atoms with Crippen molar-refractivity contribution in [2.24, 2.45) is 7.05 Å². The van der Waals surface area contributed by atoms with Crippen LogP contribution in [0.2, 0.25) is 0 Å². The van der Waals surface area contributed by atoms with Gasteiger partial charge in [-0.2, -0.15) is 0 Å². The second-order valence-corrected chi connectivity index (χ2v) is 11.6. The van der Waals surface area contributed by atoms with Gasteiger partial charge in [-0.15, -0.1) is 11.3 Å². The maximum absolute atomic E-state index is 13.0. The van der Waals surface area contributed by atoms with E-state index in [2.05, 4.69) is 43.6 Å². The molecule has 0 spiro atoms. The standard InChI is InChI=1S/C33H37N7O2S/c1-39-27-10-4-3-8-23(27)18-28(39)33(41)38-37-26-12-11-22(19-29(26)42-2)25-21-43-31-24(20-36-32(34)30(25)31)9-7-13-35-14-17-40-15-5-6-16-40/h3-4,7-12,18-21,35,37H,5-6,13-17H2,1-2H3,(H2,34,36)(H,38,41)/b9-7+. The van der Waals surface area contributed by atoms with Crippen molar-refractivity contribution in [1.29, 1.82) is 0 Å². The average molecular weight is 596 g/mol. The molecule has 1 aliphatic rings. The highest BCUT2D eigenvalue weighted by molar-refractivity contribution is 7.18. The summed E-state index contributed by atoms with van der Waals surface area (Å²) in [6, 6.07) is 15.6. The molecule has 0 radical (unpaired) electrons. The Morgan fingerprint density at radius 1 is 1.16 bits per heavy atom. The highest BCUT2D eigenvalue weighted by Gasteiger charge is 2.17. The number of nitrogens with two attached hydrogens (primary N) is 1. The number of amides is 1. The summed E-state index contributed by atoms with van der Waals surface area (Å²) < 4.78 is 8.67. The predicted molar refractivity (Wildman–Crippen MR) is 178 cm³/mol. The van der Waals surface area contributed by atoms with Crippen molar-refractivity contribution in [3.63, 3.8) is 0 Å². The summed E-state index contributed by atoms with van der Waals surface area (Å²) in [6.07, 6.45) is 8.74. The van der Waals surface area contributed by atoms with Crippen LogP contribution < -0.4 is 26.6 Å². The third-order valence-corrected chi connectivity index (χ3v) is 9.05. The minimum absolute atomic E-state index is 0.241. The van der Waals surface area contributed by atoms with E-state index in [-0.39, 0.29) is 5.91 Å². The van der Waals surface area contributed by atoms with Crippen LogP contribution in [0.5, 0.6) is 5.75 Å². The molecule has 0 unspecified atom stereocenters. The van der Waals surface area contributed by atoms with Crippen molar-refractivity contribution >= 4 is 55.8 Å². The van der Waals surface area contributed by atoms with Gasteiger partial charge in [-0.1, -0.05) is 36.4 Å². The van der Waals surface area contributed by atoms with Gasteiger partial charge in [0.25, 0.3) is 5.91 Å². The number of nitrogens with zero attached hydrogens (tertiary/aromatic N) is 3. The zero-order valence-corrected chi connectivity index (χ0v) is 25.3. The lowest BCUT2D eigenvalue weighted by Gasteiger charge is -2.14. The first kappa shape index (κ1) is 28.7. The smallest absolute Gasteiger partial charge is 0.286 e. The zero-order chi connectivity index (χ0) is 29.8. The first-order valence-corrected chi connectivity index (χ1v) is 15.5. The molecule has 2 aromatic carbocycles. The van der Waals surface area contributed by atoms with E-state index in [0.717, 1.165) is 57.3 Å². The molecule has 222 valence electrons. The molecule has 1 amide bonds. The minimum atomic E-state index is -0.241. The van der Waals surface area contributed by atoms with Crippen LogP contribution >= 0.6 is 11.3 Å². The largest absolute Gasteiger partial charge is 0.494 e. The number of benzene rings is 2. The monoisotopic (exact) mass is 595 g/mol. The normalized spacial score (nSPS) is 13.8. The van der Waals surface area contributed by atoms with Gasteiger partial charge in [0.15, 0.2) is 0 Å². The number of methoxy groups -OCH3 is 1. The second kappa shape index (κ2) is 12.9. The van der Waals surface area contributed by atoms with Crippen LogP contribution in [0.3, 0.4) is 0 Å². The van der Waals surface area contributed by atoms with E-state index >= 15 is 0 Å². The molecule has 9 nitrogen and oxygen atoms in total. The number of carbonyl (C=O) groups excluding carboxylic acids is 1. The van der Waals surface area contributed by atoms with Crippen molar-refractivity contribution < 1.29 is 9.53 Å². The summed E-state index contributed by atoms with van der Waals surface area (Å²) in [4.78, 5) is 20.0. The third kappa shape index (κ3) is 6.08. The zero-order valence-electron chi connectivity index (χ0n) is 24.5. The number of hydrogen-bond donors (Lipinski definition) is 4. The van der Waals surface area contributed by atoms with E-state index in [1.807, 2.05) is 66.3 Å². The van der Waals surface area contributed by atoms with E-state index in [1.54, 1.807) is 18.4 Å². The van der Waals surface area contributed by atoms with Gasteiger partial charge < -0.3 is 25.3 Å². The predicted octanol–water partition coefficient (Wildman–Crippen LogP) is 5.50. The summed E-state index contributed by atoms with van der Waals surface area (Å²) >= 11 is 1.65. The first-order valence-electron chi connectivity index (χ1n) is 14.6. The number of para-hydroxylation sites is 1. The summed E-state index contributed by atoms with van der Waals surface area (Å²) in [5.41, 5.74) is 17.4. The average Bonchev–Trinajstić information content (AvgIpc) is 3.79. The molecule has 0 aliphatic carbocycles. The van der Waals surface area contributed by atoms with Crippen molar-refractivity contribution in [1.82, 2.24) is 25.2 Å². The van der Waals surface area contributed by atoms with Crippen LogP contribution in [0.15, 0.2) is 66.2 Å². The summed E-state index contributed by atoms with van der Waals surface area (Å²) in [5.74, 6) is 0.849. The molecule has 3 aromatic heterocycles. The maximum Gasteiger partial charge on any atom is 0.286 e. The van der Waals surface area contributed by atoms with Gasteiger partial charge in [-0.3, -0.25) is 15.6 Å². The number of hydrogen-bond acceptors (Lipinski definition) is 8. The third-order valence-electron chi connectivity index (χ3n) is 8.02. The second-order valence-electron chi connectivity index (χ2n) is 10.7. The quantitative estimate of drug-likeness (QED) is 0.118. The SMILES string of the molecule is COc1cc(-c2csc3c(/C=C/CNCCN4CCCC4)cnc(N)c23)ccc1NNC(=O)c1cc2ccccc2n1C. The van der Waals surface area contributed by atoms with Gasteiger partial charge in [0, 0.05) is 65.0 Å². The number of aryl methyl sites for hydroxylation is 1. The molecule has 0 atom stereocenters. The maximum atomic E-state index is 13.0. The number of pyridine rings is 1. The fourth-order valence-electron chi connectivity index (χ4n) is 5.69. The molecule has 1 fully saturated rings. The molecule has 5 aromatic rings. The number of anilines is 2. The summed E-state index contributed by atoms with van der Waals surface area (Å²) in [5, 5.41) is 7.56. The molecule has 1 saturated heterocycles. The number of hydrazine groups is 1. The van der Waals surface area contributed by atoms with Crippen molar-refractivity contribution in [3.05, 3.63) is 77.4 Å². The molecule has 1 aliphatic heterocycles. The van der Waals surface area contributed by atoms with Gasteiger partial charge in [-0.25, -0.2) is 4.98 Å². The van der Waals surface area contributed by atoms with Gasteiger partial charge in [-0.05, 0) is 61.1 Å². The Kier molecular flexibility index (Phi) is 8.59. The Morgan fingerprint density at radius 2 is 2.00 bits per heavy atom. The number of nitrogens with one attached hydrogen (secondary N) is 3. The number of nitrogen functional groups attached to an aromatic ring is 1. The Balaban J connectivity index is 1.15. The Labute approximate surface area is 255 Å². The Morgan fingerprint density at radius 3 is 2.81 bits per heavy atom. The lowest BCUT2D eigenvalue weighted by Crippen LogP contribution is -2.30. The highest BCUT2D eigenvalue weighted by atomic mass is 32.1. The van der Waals surface area contributed by atoms with Crippen LogP contribution in [0, 0.1) is 0 Å². The van der Waals surface area contributed by atoms with Crippen LogP contribution in [0.1, 0.15) is 28.9 Å². The lowest BCUT2D eigenvalue weighted by atomic mass is 10.0. The highest BCUT2D eigenvalue weighted by Crippen LogP contribution is 2.41. The molecule has 0 bridgehead atoms. The molecular weight excluding hydrogens is 558 g/mol. The van der Waals surface area contributed by atoms with Crippen LogP contribution in [0.25, 0.3) is 38.2 Å². The van der Waals surface area contributed by atoms with Gasteiger partial charge in [0.1, 0.15) is 17.3 Å². The summed E-state index contributed by atoms with van der Waals surface area (Å²) in [7, 11) is 3.49. The number of aromatic nitrogens is 2. The van der Waals surface area contributed by atoms with Crippen molar-refractivity contribution in [3.8, 4) is 16.9 Å². The van der Waals surface area contributed by atoms with Gasteiger partial charge in [0.2, 0.25) is 0 Å². The van der Waals surface area contributed by atoms with E-state index in [9.17, 15) is 4.79 Å². The van der Waals surface area contributed by atoms with Gasteiger partial charge in [0.05, 0.1) is 12.8 Å². The summed E-state index contributed by atoms with van der Waals surface area (Å²) in [6.45, 7) is 5.34. The van der Waals surface area contributed by atoms with Crippen LogP contribution in [-0.4, -0.2) is 60.2 Å². The number of ether oxygens (including phenoxy) is 1. The number of carbonyl (C=O) groups is 1. The molecule has 10 heteroatoms. The lowest BCUT2D eigenvalue weighted by molar-refractivity contribution is 0.0955. The number of thiophene rings is 1. The molecule has 0 saturated carbocycles. The fourth-order valence-corrected chi connectivity index (χ4v) is 6.77. The first-order chi connectivity index (χ1) is 21.0. The van der Waals surface area contributed by atoms with Crippen molar-refractivity contribution in [2.75, 3.05) is 51.0 Å². The number of likely N-dealkylation sites (tertiary alicyclic amines) is 1. The fraction of sp³-hybridized carbons (Fsp3) is 0.273. The topological polar surface area (TPSA) is 109 Å². The van der Waals surface area contributed by atoms with E-state index in [1.165, 1.54) is 25.9 Å². The number of fused-ring (bicyclic) bond motifs is 2. The Bertz CT molecular complexity index is 1790. The van der Waals surface area contributed by atoms with Crippen molar-refractivity contribution in [2.45, 2.75) is 12.8 Å². The van der Waals surface area contributed by atoms with E-state index in [0.29, 0.717) is 22.9 Å². The molecule has 6 rings (SSSR count). The number of rotatable bonds is 11. The minimum Gasteiger partial charge on any atom is -0.494 e.